The molecule has 0 saturated carbocycles. The zero-order valence-corrected chi connectivity index (χ0v) is 20.4. The van der Waals surface area contributed by atoms with E-state index in [1.54, 1.807) is 18.2 Å². The number of aliphatic imine (C=N–C) groups is 1. The molecule has 2 aliphatic rings. The summed E-state index contributed by atoms with van der Waals surface area (Å²) in [4.78, 5) is 21.4. The van der Waals surface area contributed by atoms with Crippen LogP contribution in [0.4, 0.5) is 18.9 Å². The highest BCUT2D eigenvalue weighted by Crippen LogP contribution is 2.42. The van der Waals surface area contributed by atoms with Crippen molar-refractivity contribution in [2.45, 2.75) is 39.8 Å². The first kappa shape index (κ1) is 24.9. The van der Waals surface area contributed by atoms with Crippen LogP contribution in [0, 0.1) is 5.41 Å². The summed E-state index contributed by atoms with van der Waals surface area (Å²) >= 11 is 0. The Morgan fingerprint density at radius 3 is 2.49 bits per heavy atom. The number of rotatable bonds is 2. The Kier molecular flexibility index (Phi) is 6.71. The minimum Gasteiger partial charge on any atom is -0.497 e. The minimum absolute atomic E-state index is 0.106. The van der Waals surface area contributed by atoms with E-state index in [9.17, 15) is 18.0 Å². The van der Waals surface area contributed by atoms with E-state index >= 15 is 0 Å². The van der Waals surface area contributed by atoms with E-state index in [0.717, 1.165) is 18.6 Å². The number of ether oxygens (including phenoxy) is 2. The third-order valence-electron chi connectivity index (χ3n) is 5.99. The number of alkyl halides is 3. The first-order chi connectivity index (χ1) is 16.4. The van der Waals surface area contributed by atoms with Gasteiger partial charge in [-0.2, -0.15) is 13.2 Å². The average Bonchev–Trinajstić information content (AvgIpc) is 3.11. The molecule has 0 atom stereocenters. The lowest BCUT2D eigenvalue weighted by molar-refractivity contribution is -0.137. The van der Waals surface area contributed by atoms with Gasteiger partial charge in [0.05, 0.1) is 18.2 Å². The number of carbonyl (C=O) groups excluding carboxylic acids is 1. The van der Waals surface area contributed by atoms with Crippen LogP contribution in [0.5, 0.6) is 17.2 Å². The topological polar surface area (TPSA) is 54.4 Å². The van der Waals surface area contributed by atoms with Crippen molar-refractivity contribution in [2.75, 3.05) is 33.3 Å². The fourth-order valence-electron chi connectivity index (χ4n) is 4.24. The Hall–Kier alpha value is -3.23. The number of carbonyl (C=O) groups is 1. The van der Waals surface area contributed by atoms with Crippen molar-refractivity contribution in [3.05, 3.63) is 47.5 Å². The Bertz CT molecular complexity index is 1140. The van der Waals surface area contributed by atoms with Crippen LogP contribution in [0.3, 0.4) is 0 Å². The third kappa shape index (κ3) is 5.71. The Labute approximate surface area is 203 Å². The quantitative estimate of drug-likeness (QED) is 0.530. The standard InChI is InChI=1S/C26H30F3N3O3/c1-25(2,3)16-23(33)31-10-5-11-32(13-12-31)24-19-8-7-18(34-4)15-22(19)35-21-9-6-17(26(27,28)29)14-20(21)30-24/h6-9,14-15H,5,10-13,16H2,1-4H3. The Balaban J connectivity index is 1.70. The van der Waals surface area contributed by atoms with E-state index in [1.807, 2.05) is 30.6 Å². The van der Waals surface area contributed by atoms with Gasteiger partial charge in [0.15, 0.2) is 5.75 Å². The number of nitrogens with zero attached hydrogens (tertiary/aromatic N) is 3. The molecule has 2 aromatic rings. The fraction of sp³-hybridized carbons (Fsp3) is 0.462. The van der Waals surface area contributed by atoms with Gasteiger partial charge in [0.2, 0.25) is 5.91 Å². The zero-order valence-electron chi connectivity index (χ0n) is 20.4. The number of methoxy groups -OCH3 is 1. The lowest BCUT2D eigenvalue weighted by Gasteiger charge is -2.27. The molecule has 1 saturated heterocycles. The lowest BCUT2D eigenvalue weighted by atomic mass is 9.91. The molecule has 1 amide bonds. The van der Waals surface area contributed by atoms with Crippen LogP contribution in [0.25, 0.3) is 0 Å². The maximum atomic E-state index is 13.4. The molecule has 35 heavy (non-hydrogen) atoms. The van der Waals surface area contributed by atoms with Gasteiger partial charge < -0.3 is 19.3 Å². The summed E-state index contributed by atoms with van der Waals surface area (Å²) < 4.78 is 51.6. The summed E-state index contributed by atoms with van der Waals surface area (Å²) in [6, 6.07) is 8.57. The summed E-state index contributed by atoms with van der Waals surface area (Å²) in [5.74, 6) is 1.88. The molecule has 0 radical (unpaired) electrons. The molecule has 0 aromatic heterocycles. The van der Waals surface area contributed by atoms with E-state index in [-0.39, 0.29) is 22.8 Å². The smallest absolute Gasteiger partial charge is 0.416 e. The van der Waals surface area contributed by atoms with Crippen LogP contribution in [0.2, 0.25) is 0 Å². The zero-order chi connectivity index (χ0) is 25.4. The van der Waals surface area contributed by atoms with Gasteiger partial charge in [0.1, 0.15) is 23.0 Å². The van der Waals surface area contributed by atoms with Gasteiger partial charge >= 0.3 is 6.18 Å². The highest BCUT2D eigenvalue weighted by Gasteiger charge is 2.33. The molecule has 0 unspecified atom stereocenters. The number of benzene rings is 2. The van der Waals surface area contributed by atoms with Crippen molar-refractivity contribution >= 4 is 17.4 Å². The van der Waals surface area contributed by atoms with Crippen molar-refractivity contribution in [2.24, 2.45) is 10.4 Å². The largest absolute Gasteiger partial charge is 0.497 e. The number of fused-ring (bicyclic) bond motifs is 2. The Morgan fingerprint density at radius 1 is 1.03 bits per heavy atom. The van der Waals surface area contributed by atoms with Gasteiger partial charge in [-0.1, -0.05) is 20.8 Å². The van der Waals surface area contributed by atoms with Crippen LogP contribution in [-0.2, 0) is 11.0 Å². The first-order valence-electron chi connectivity index (χ1n) is 11.6. The van der Waals surface area contributed by atoms with Crippen LogP contribution in [0.1, 0.15) is 44.7 Å². The van der Waals surface area contributed by atoms with Crippen molar-refractivity contribution < 1.29 is 27.4 Å². The number of amides is 1. The predicted octanol–water partition coefficient (Wildman–Crippen LogP) is 5.87. The van der Waals surface area contributed by atoms with Crippen molar-refractivity contribution in [1.82, 2.24) is 9.80 Å². The van der Waals surface area contributed by atoms with E-state index in [2.05, 4.69) is 4.99 Å². The summed E-state index contributed by atoms with van der Waals surface area (Å²) in [7, 11) is 1.54. The van der Waals surface area contributed by atoms with Crippen molar-refractivity contribution in [1.29, 1.82) is 0 Å². The van der Waals surface area contributed by atoms with E-state index in [4.69, 9.17) is 9.47 Å². The number of amidine groups is 1. The summed E-state index contributed by atoms with van der Waals surface area (Å²) in [6.45, 7) is 8.36. The highest BCUT2D eigenvalue weighted by atomic mass is 19.4. The van der Waals surface area contributed by atoms with Crippen LogP contribution < -0.4 is 9.47 Å². The lowest BCUT2D eigenvalue weighted by Crippen LogP contribution is -2.38. The molecule has 0 aliphatic carbocycles. The van der Waals surface area contributed by atoms with Gasteiger partial charge in [0, 0.05) is 38.7 Å². The maximum Gasteiger partial charge on any atom is 0.416 e. The molecule has 4 rings (SSSR count). The molecule has 6 nitrogen and oxygen atoms in total. The molecule has 0 spiro atoms. The van der Waals surface area contributed by atoms with Gasteiger partial charge in [-0.15, -0.1) is 0 Å². The van der Waals surface area contributed by atoms with Gasteiger partial charge in [-0.25, -0.2) is 4.99 Å². The van der Waals surface area contributed by atoms with Crippen LogP contribution in [-0.4, -0.2) is 54.8 Å². The number of hydrogen-bond donors (Lipinski definition) is 0. The molecule has 0 bridgehead atoms. The molecule has 0 N–H and O–H groups in total. The molecule has 9 heteroatoms. The van der Waals surface area contributed by atoms with Gasteiger partial charge in [-0.3, -0.25) is 4.79 Å². The molecular weight excluding hydrogens is 459 g/mol. The summed E-state index contributed by atoms with van der Waals surface area (Å²) in [6.07, 6.45) is -3.32. The van der Waals surface area contributed by atoms with E-state index in [0.29, 0.717) is 55.5 Å². The van der Waals surface area contributed by atoms with Crippen molar-refractivity contribution in [3.63, 3.8) is 0 Å². The van der Waals surface area contributed by atoms with E-state index in [1.165, 1.54) is 13.2 Å². The first-order valence-corrected chi connectivity index (χ1v) is 11.6. The highest BCUT2D eigenvalue weighted by molar-refractivity contribution is 6.04. The molecule has 2 heterocycles. The second kappa shape index (κ2) is 9.43. The maximum absolute atomic E-state index is 13.4. The molecule has 1 fully saturated rings. The average molecular weight is 490 g/mol. The van der Waals surface area contributed by atoms with Gasteiger partial charge in [-0.05, 0) is 42.2 Å². The Morgan fingerprint density at radius 2 is 1.80 bits per heavy atom. The van der Waals surface area contributed by atoms with Crippen LogP contribution >= 0.6 is 0 Å². The SMILES string of the molecule is COc1ccc2c(c1)Oc1ccc(C(F)(F)F)cc1N=C2N1CCCN(C(=O)CC(C)(C)C)CC1. The normalized spacial score (nSPS) is 16.4. The number of hydrogen-bond acceptors (Lipinski definition) is 5. The molecule has 2 aliphatic heterocycles. The second-order valence-corrected chi connectivity index (χ2v) is 10.0. The number of halogens is 3. The molecule has 188 valence electrons. The molecule has 2 aromatic carbocycles. The van der Waals surface area contributed by atoms with E-state index < -0.39 is 11.7 Å². The van der Waals surface area contributed by atoms with Gasteiger partial charge in [0.25, 0.3) is 0 Å². The molecular formula is C26H30F3N3O3. The van der Waals surface area contributed by atoms with Crippen molar-refractivity contribution in [3.8, 4) is 17.2 Å². The summed E-state index contributed by atoms with van der Waals surface area (Å²) in [5, 5.41) is 0. The predicted molar refractivity (Wildman–Crippen MR) is 128 cm³/mol. The fourth-order valence-corrected chi connectivity index (χ4v) is 4.24. The minimum atomic E-state index is -4.50. The summed E-state index contributed by atoms with van der Waals surface area (Å²) in [5.41, 5.74) is -0.134. The second-order valence-electron chi connectivity index (χ2n) is 10.0. The monoisotopic (exact) mass is 489 g/mol. The van der Waals surface area contributed by atoms with Crippen LogP contribution in [0.15, 0.2) is 41.4 Å². The third-order valence-corrected chi connectivity index (χ3v) is 5.99.